The first-order valence-corrected chi connectivity index (χ1v) is 8.03. The fourth-order valence-electron chi connectivity index (χ4n) is 1.50. The van der Waals surface area contributed by atoms with Gasteiger partial charge in [0.05, 0.1) is 25.7 Å². The number of hydrogen-bond acceptors (Lipinski definition) is 8. The summed E-state index contributed by atoms with van der Waals surface area (Å²) in [5.41, 5.74) is -1.24. The van der Waals surface area contributed by atoms with Gasteiger partial charge in [0, 0.05) is 0 Å². The minimum Gasteiger partial charge on any atom is -0.460 e. The maximum absolute atomic E-state index is 11.4. The van der Waals surface area contributed by atoms with E-state index in [0.29, 0.717) is 0 Å². The number of ether oxygens (including phenoxy) is 4. The van der Waals surface area contributed by atoms with Gasteiger partial charge in [0.2, 0.25) is 6.79 Å². The highest BCUT2D eigenvalue weighted by Crippen LogP contribution is 2.10. The molecule has 0 aliphatic rings. The van der Waals surface area contributed by atoms with E-state index in [1.54, 1.807) is 41.5 Å². The quantitative estimate of drug-likeness (QED) is 0.369. The van der Waals surface area contributed by atoms with Gasteiger partial charge in [-0.05, 0) is 41.5 Å². The average Bonchev–Trinajstić information content (AvgIpc) is 2.39. The van der Waals surface area contributed by atoms with Crippen LogP contribution in [0.4, 0.5) is 0 Å². The predicted octanol–water partition coefficient (Wildman–Crippen LogP) is 2.27. The molecule has 25 heavy (non-hydrogen) atoms. The Hall–Kier alpha value is -2.12. The second-order valence-electron chi connectivity index (χ2n) is 7.32. The summed E-state index contributed by atoms with van der Waals surface area (Å²) >= 11 is 0. The fourth-order valence-corrected chi connectivity index (χ4v) is 1.50. The van der Waals surface area contributed by atoms with Crippen molar-refractivity contribution in [3.05, 3.63) is 0 Å². The van der Waals surface area contributed by atoms with Crippen LogP contribution in [0.5, 0.6) is 0 Å². The first-order valence-electron chi connectivity index (χ1n) is 8.03. The molecule has 0 rings (SSSR count). The van der Waals surface area contributed by atoms with Crippen LogP contribution >= 0.6 is 0 Å². The van der Waals surface area contributed by atoms with Crippen LogP contribution in [0, 0.1) is 0 Å². The Morgan fingerprint density at radius 3 is 1.12 bits per heavy atom. The summed E-state index contributed by atoms with van der Waals surface area (Å²) in [4.78, 5) is 45.7. The van der Waals surface area contributed by atoms with Crippen LogP contribution in [0.2, 0.25) is 0 Å². The van der Waals surface area contributed by atoms with E-state index in [1.807, 2.05) is 0 Å². The molecule has 8 heteroatoms. The van der Waals surface area contributed by atoms with Gasteiger partial charge in [-0.3, -0.25) is 19.2 Å². The van der Waals surface area contributed by atoms with E-state index in [0.717, 1.165) is 0 Å². The van der Waals surface area contributed by atoms with Crippen LogP contribution in [0.15, 0.2) is 0 Å². The third kappa shape index (κ3) is 15.2. The predicted molar refractivity (Wildman–Crippen MR) is 87.2 cm³/mol. The Morgan fingerprint density at radius 2 is 0.840 bits per heavy atom. The maximum Gasteiger partial charge on any atom is 0.309 e. The number of carbonyl (C=O) groups is 4. The molecule has 0 radical (unpaired) electrons. The molecule has 0 aliphatic carbocycles. The maximum atomic E-state index is 11.4. The summed E-state index contributed by atoms with van der Waals surface area (Å²) in [6.45, 7) is 9.76. The largest absolute Gasteiger partial charge is 0.460 e. The molecule has 0 aliphatic heterocycles. The minimum atomic E-state index is -0.689. The first-order chi connectivity index (χ1) is 11.3. The summed E-state index contributed by atoms with van der Waals surface area (Å²) in [5.74, 6) is -2.41. The topological polar surface area (TPSA) is 105 Å². The van der Waals surface area contributed by atoms with Gasteiger partial charge in [-0.15, -0.1) is 0 Å². The van der Waals surface area contributed by atoms with Gasteiger partial charge in [0.1, 0.15) is 11.2 Å². The van der Waals surface area contributed by atoms with E-state index in [9.17, 15) is 19.2 Å². The van der Waals surface area contributed by atoms with Crippen molar-refractivity contribution in [3.63, 3.8) is 0 Å². The molecule has 0 spiro atoms. The van der Waals surface area contributed by atoms with Crippen molar-refractivity contribution in [3.8, 4) is 0 Å². The van der Waals surface area contributed by atoms with Gasteiger partial charge in [-0.2, -0.15) is 0 Å². The standard InChI is InChI=1S/C17H28O8/c1-16(2,3)24-14(20)9-7-12(18)22-11-23-13(19)8-10-15(21)25-17(4,5)6/h7-11H2,1-6H3. The van der Waals surface area contributed by atoms with E-state index >= 15 is 0 Å². The lowest BCUT2D eigenvalue weighted by Gasteiger charge is -2.19. The summed E-state index contributed by atoms with van der Waals surface area (Å²) in [6, 6.07) is 0. The number of esters is 4. The lowest BCUT2D eigenvalue weighted by atomic mass is 10.2. The molecule has 0 aromatic heterocycles. The Labute approximate surface area is 148 Å². The average molecular weight is 360 g/mol. The molecule has 0 unspecified atom stereocenters. The van der Waals surface area contributed by atoms with Crippen molar-refractivity contribution in [2.45, 2.75) is 78.4 Å². The van der Waals surface area contributed by atoms with Crippen LogP contribution in [0.3, 0.4) is 0 Å². The Kier molecular flexibility index (Phi) is 9.16. The molecule has 0 atom stereocenters. The third-order valence-electron chi connectivity index (χ3n) is 2.35. The monoisotopic (exact) mass is 360 g/mol. The van der Waals surface area contributed by atoms with Crippen molar-refractivity contribution >= 4 is 23.9 Å². The minimum absolute atomic E-state index is 0.122. The zero-order chi connectivity index (χ0) is 19.7. The molecule has 0 fully saturated rings. The Balaban J connectivity index is 3.85. The normalized spacial score (nSPS) is 11.4. The highest BCUT2D eigenvalue weighted by atomic mass is 16.7. The highest BCUT2D eigenvalue weighted by molar-refractivity contribution is 5.79. The second-order valence-corrected chi connectivity index (χ2v) is 7.32. The number of hydrogen-bond donors (Lipinski definition) is 0. The van der Waals surface area contributed by atoms with Crippen LogP contribution in [0.1, 0.15) is 67.2 Å². The molecular formula is C17H28O8. The lowest BCUT2D eigenvalue weighted by Crippen LogP contribution is -2.24. The van der Waals surface area contributed by atoms with Gasteiger partial charge in [-0.25, -0.2) is 0 Å². The number of carbonyl (C=O) groups excluding carboxylic acids is 4. The molecule has 0 saturated heterocycles. The molecule has 144 valence electrons. The molecular weight excluding hydrogens is 332 g/mol. The first kappa shape index (κ1) is 22.9. The molecule has 0 saturated carbocycles. The van der Waals surface area contributed by atoms with E-state index in [1.165, 1.54) is 0 Å². The van der Waals surface area contributed by atoms with Crippen molar-refractivity contribution < 1.29 is 38.1 Å². The van der Waals surface area contributed by atoms with Gasteiger partial charge >= 0.3 is 23.9 Å². The molecule has 0 heterocycles. The smallest absolute Gasteiger partial charge is 0.309 e. The molecule has 8 nitrogen and oxygen atoms in total. The van der Waals surface area contributed by atoms with E-state index in [2.05, 4.69) is 9.47 Å². The van der Waals surface area contributed by atoms with Crippen molar-refractivity contribution in [1.29, 1.82) is 0 Å². The summed E-state index contributed by atoms with van der Waals surface area (Å²) < 4.78 is 19.4. The lowest BCUT2D eigenvalue weighted by molar-refractivity contribution is -0.171. The van der Waals surface area contributed by atoms with Crippen LogP contribution < -0.4 is 0 Å². The van der Waals surface area contributed by atoms with Gasteiger partial charge in [0.15, 0.2) is 0 Å². The van der Waals surface area contributed by atoms with Gasteiger partial charge in [-0.1, -0.05) is 0 Å². The number of rotatable bonds is 8. The van der Waals surface area contributed by atoms with Crippen LogP contribution in [-0.4, -0.2) is 41.9 Å². The van der Waals surface area contributed by atoms with Crippen molar-refractivity contribution in [2.24, 2.45) is 0 Å². The van der Waals surface area contributed by atoms with Crippen LogP contribution in [0.25, 0.3) is 0 Å². The highest BCUT2D eigenvalue weighted by Gasteiger charge is 2.19. The van der Waals surface area contributed by atoms with Gasteiger partial charge in [0.25, 0.3) is 0 Å². The zero-order valence-corrected chi connectivity index (χ0v) is 15.8. The molecule has 0 amide bonds. The summed E-state index contributed by atoms with van der Waals surface area (Å²) in [6.07, 6.45) is -0.597. The molecule has 0 bridgehead atoms. The van der Waals surface area contributed by atoms with E-state index in [-0.39, 0.29) is 25.7 Å². The SMILES string of the molecule is CC(C)(C)OC(=O)CCC(=O)OCOC(=O)CCC(=O)OC(C)(C)C. The molecule has 0 aromatic carbocycles. The summed E-state index contributed by atoms with van der Waals surface area (Å²) in [7, 11) is 0. The van der Waals surface area contributed by atoms with E-state index < -0.39 is 41.9 Å². The Bertz CT molecular complexity index is 438. The third-order valence-corrected chi connectivity index (χ3v) is 2.35. The van der Waals surface area contributed by atoms with Crippen LogP contribution in [-0.2, 0) is 38.1 Å². The molecule has 0 aromatic rings. The summed E-state index contributed by atoms with van der Waals surface area (Å²) in [5, 5.41) is 0. The zero-order valence-electron chi connectivity index (χ0n) is 15.8. The fraction of sp³-hybridized carbons (Fsp3) is 0.765. The Morgan fingerprint density at radius 1 is 0.560 bits per heavy atom. The van der Waals surface area contributed by atoms with E-state index in [4.69, 9.17) is 9.47 Å². The van der Waals surface area contributed by atoms with Crippen molar-refractivity contribution in [1.82, 2.24) is 0 Å². The molecule has 0 N–H and O–H groups in total. The van der Waals surface area contributed by atoms with Crippen molar-refractivity contribution in [2.75, 3.05) is 6.79 Å². The second kappa shape index (κ2) is 10.0. The van der Waals surface area contributed by atoms with Gasteiger partial charge < -0.3 is 18.9 Å².